The van der Waals surface area contributed by atoms with E-state index >= 15 is 0 Å². The van der Waals surface area contributed by atoms with E-state index < -0.39 is 46.8 Å². The first-order chi connectivity index (χ1) is 14.9. The summed E-state index contributed by atoms with van der Waals surface area (Å²) in [6.07, 6.45) is -2.29. The number of halogens is 3. The maximum Gasteiger partial charge on any atom is 0.315 e. The van der Waals surface area contributed by atoms with Crippen molar-refractivity contribution in [1.82, 2.24) is 14.6 Å². The number of nitrogens with zero attached hydrogens (tertiary/aromatic N) is 2. The van der Waals surface area contributed by atoms with E-state index in [0.717, 1.165) is 10.6 Å². The second-order valence-corrected chi connectivity index (χ2v) is 9.61. The Kier molecular flexibility index (Phi) is 6.89. The Morgan fingerprint density at radius 1 is 1.19 bits per heavy atom. The number of β-amino-alcohol motifs (C(OH)–C–C–N with tert-alkyl or cyclic N) is 1. The van der Waals surface area contributed by atoms with Crippen molar-refractivity contribution in [2.75, 3.05) is 26.0 Å². The Morgan fingerprint density at radius 3 is 2.25 bits per heavy atom. The van der Waals surface area contributed by atoms with Crippen LogP contribution in [0.4, 0.5) is 13.2 Å². The summed E-state index contributed by atoms with van der Waals surface area (Å²) in [5.74, 6) is -1.66. The van der Waals surface area contributed by atoms with Gasteiger partial charge in [-0.15, -0.1) is 0 Å². The summed E-state index contributed by atoms with van der Waals surface area (Å²) in [6, 6.07) is 7.88. The lowest BCUT2D eigenvalue weighted by Gasteiger charge is -2.44. The number of alkyl halides is 3. The minimum Gasteiger partial charge on any atom is -0.386 e. The second-order valence-electron chi connectivity index (χ2n) is 7.63. The van der Waals surface area contributed by atoms with Crippen molar-refractivity contribution < 1.29 is 36.6 Å². The largest absolute Gasteiger partial charge is 0.386 e. The van der Waals surface area contributed by atoms with Crippen LogP contribution in [0.2, 0.25) is 0 Å². The lowest BCUT2D eigenvalue weighted by Crippen LogP contribution is -2.61. The van der Waals surface area contributed by atoms with Crippen molar-refractivity contribution >= 4 is 15.9 Å². The highest BCUT2D eigenvalue weighted by Crippen LogP contribution is 2.33. The molecule has 8 nitrogen and oxygen atoms in total. The summed E-state index contributed by atoms with van der Waals surface area (Å²) in [5, 5.41) is 22.5. The van der Waals surface area contributed by atoms with Crippen LogP contribution >= 0.6 is 0 Å². The molecular weight excluding hydrogens is 451 g/mol. The molecule has 32 heavy (non-hydrogen) atoms. The number of pyridine rings is 1. The number of amides is 1. The molecule has 1 saturated heterocycles. The Labute approximate surface area is 182 Å². The quantitative estimate of drug-likeness (QED) is 0.526. The van der Waals surface area contributed by atoms with Crippen molar-refractivity contribution in [3.05, 3.63) is 53.9 Å². The number of nitrogens with one attached hydrogen (secondary N) is 1. The molecular formula is C20H22F3N3O5S. The average molecular weight is 473 g/mol. The first-order valence-corrected chi connectivity index (χ1v) is 11.4. The molecule has 3 N–H and O–H groups in total. The van der Waals surface area contributed by atoms with E-state index in [2.05, 4.69) is 4.98 Å². The molecule has 2 aromatic rings. The maximum absolute atomic E-state index is 13.1. The van der Waals surface area contributed by atoms with Crippen molar-refractivity contribution in [3.63, 3.8) is 0 Å². The summed E-state index contributed by atoms with van der Waals surface area (Å²) in [5.41, 5.74) is 0.519. The number of carbonyl (C=O) groups is 1. The molecule has 1 aliphatic rings. The second kappa shape index (κ2) is 9.14. The van der Waals surface area contributed by atoms with Crippen molar-refractivity contribution in [3.8, 4) is 11.1 Å². The summed E-state index contributed by atoms with van der Waals surface area (Å²) in [7, 11) is -3.39. The van der Waals surface area contributed by atoms with Gasteiger partial charge in [-0.25, -0.2) is 12.8 Å². The van der Waals surface area contributed by atoms with Gasteiger partial charge < -0.3 is 15.5 Å². The molecule has 0 radical (unpaired) electrons. The van der Waals surface area contributed by atoms with Gasteiger partial charge in [-0.3, -0.25) is 9.78 Å². The van der Waals surface area contributed by atoms with Gasteiger partial charge in [0.05, 0.1) is 18.0 Å². The standard InChI is InChI=1S/C20H22F3N3O5S/c1-32(30,31)26-10-20(29,11-26)16-7-6-14(9-24-16)12-2-4-13(5-3-12)17(27)15(8-21)25-19(28)18(22)23/h2-7,9,15,17-18,27,29H,8,10-11H2,1H3,(H,25,28)/t15-,17+/m1/s1. The Bertz CT molecular complexity index is 1060. The van der Waals surface area contributed by atoms with Gasteiger partial charge >= 0.3 is 6.43 Å². The highest BCUT2D eigenvalue weighted by atomic mass is 32.2. The van der Waals surface area contributed by atoms with Gasteiger partial charge in [0.25, 0.3) is 5.91 Å². The van der Waals surface area contributed by atoms with Crippen LogP contribution < -0.4 is 5.32 Å². The van der Waals surface area contributed by atoms with Gasteiger partial charge in [0.1, 0.15) is 18.4 Å². The molecule has 0 bridgehead atoms. The van der Waals surface area contributed by atoms with Crippen LogP contribution in [0.15, 0.2) is 42.6 Å². The van der Waals surface area contributed by atoms with Gasteiger partial charge in [-0.05, 0) is 17.2 Å². The molecule has 1 aliphatic heterocycles. The number of rotatable bonds is 8. The van der Waals surface area contributed by atoms with Crippen molar-refractivity contribution in [2.24, 2.45) is 0 Å². The molecule has 174 valence electrons. The minimum atomic E-state index is -3.39. The van der Waals surface area contributed by atoms with E-state index in [1.54, 1.807) is 29.6 Å². The number of benzene rings is 1. The van der Waals surface area contributed by atoms with Gasteiger partial charge in [0.15, 0.2) is 0 Å². The van der Waals surface area contributed by atoms with Crippen LogP contribution in [-0.2, 0) is 20.4 Å². The lowest BCUT2D eigenvalue weighted by atomic mass is 9.92. The first-order valence-electron chi connectivity index (χ1n) is 9.51. The number of aromatic nitrogens is 1. The Balaban J connectivity index is 1.69. The maximum atomic E-state index is 13.1. The van der Waals surface area contributed by atoms with Crippen LogP contribution in [0, 0.1) is 0 Å². The zero-order chi connectivity index (χ0) is 23.7. The Morgan fingerprint density at radius 2 is 1.78 bits per heavy atom. The van der Waals surface area contributed by atoms with E-state index in [4.69, 9.17) is 0 Å². The Hall–Kier alpha value is -2.54. The van der Waals surface area contributed by atoms with Crippen LogP contribution in [0.1, 0.15) is 17.4 Å². The van der Waals surface area contributed by atoms with E-state index in [9.17, 15) is 36.6 Å². The van der Waals surface area contributed by atoms with Crippen LogP contribution in [0.25, 0.3) is 11.1 Å². The molecule has 2 heterocycles. The molecule has 1 aromatic carbocycles. The van der Waals surface area contributed by atoms with Gasteiger partial charge in [-0.2, -0.15) is 13.1 Å². The fourth-order valence-electron chi connectivity index (χ4n) is 3.33. The van der Waals surface area contributed by atoms with Crippen LogP contribution in [-0.4, -0.2) is 72.3 Å². The normalized spacial score (nSPS) is 18.1. The first kappa shape index (κ1) is 24.1. The number of hydrogen-bond acceptors (Lipinski definition) is 6. The number of sulfonamides is 1. The third kappa shape index (κ3) is 5.09. The molecule has 0 aliphatic carbocycles. The SMILES string of the molecule is CS(=O)(=O)N1CC(O)(c2ccc(-c3ccc([C@H](O)[C@@H](CF)NC(=O)C(F)F)cc3)cn2)C1. The smallest absolute Gasteiger partial charge is 0.315 e. The molecule has 12 heteroatoms. The highest BCUT2D eigenvalue weighted by Gasteiger charge is 2.47. The number of hydrogen-bond donors (Lipinski definition) is 3. The van der Waals surface area contributed by atoms with Gasteiger partial charge in [-0.1, -0.05) is 30.3 Å². The van der Waals surface area contributed by atoms with Crippen LogP contribution in [0.3, 0.4) is 0 Å². The molecule has 1 aromatic heterocycles. The predicted molar refractivity (Wildman–Crippen MR) is 109 cm³/mol. The third-order valence-corrected chi connectivity index (χ3v) is 6.44. The summed E-state index contributed by atoms with van der Waals surface area (Å²) >= 11 is 0. The topological polar surface area (TPSA) is 120 Å². The molecule has 0 spiro atoms. The van der Waals surface area contributed by atoms with Gasteiger partial charge in [0.2, 0.25) is 10.0 Å². The molecule has 1 fully saturated rings. The number of carbonyl (C=O) groups excluding carboxylic acids is 1. The predicted octanol–water partition coefficient (Wildman–Crippen LogP) is 0.964. The number of aliphatic hydroxyl groups excluding tert-OH is 1. The number of aliphatic hydroxyl groups is 2. The molecule has 3 rings (SSSR count). The third-order valence-electron chi connectivity index (χ3n) is 5.24. The molecule has 1 amide bonds. The minimum absolute atomic E-state index is 0.0808. The van der Waals surface area contributed by atoms with Crippen LogP contribution in [0.5, 0.6) is 0 Å². The van der Waals surface area contributed by atoms with Crippen molar-refractivity contribution in [2.45, 2.75) is 24.2 Å². The highest BCUT2D eigenvalue weighted by molar-refractivity contribution is 7.88. The zero-order valence-corrected chi connectivity index (χ0v) is 17.8. The fraction of sp³-hybridized carbons (Fsp3) is 0.400. The fourth-order valence-corrected chi connectivity index (χ4v) is 4.22. The van der Waals surface area contributed by atoms with E-state index in [1.807, 2.05) is 0 Å². The monoisotopic (exact) mass is 473 g/mol. The summed E-state index contributed by atoms with van der Waals surface area (Å²) in [6.45, 7) is -1.39. The lowest BCUT2D eigenvalue weighted by molar-refractivity contribution is -0.133. The zero-order valence-electron chi connectivity index (χ0n) is 17.0. The summed E-state index contributed by atoms with van der Waals surface area (Å²) in [4.78, 5) is 15.3. The molecule has 0 saturated carbocycles. The van der Waals surface area contributed by atoms with Crippen molar-refractivity contribution in [1.29, 1.82) is 0 Å². The molecule has 2 atom stereocenters. The molecule has 0 unspecified atom stereocenters. The average Bonchev–Trinajstić information content (AvgIpc) is 2.74. The van der Waals surface area contributed by atoms with E-state index in [-0.39, 0.29) is 18.7 Å². The van der Waals surface area contributed by atoms with E-state index in [0.29, 0.717) is 16.8 Å². The summed E-state index contributed by atoms with van der Waals surface area (Å²) < 4.78 is 62.0. The van der Waals surface area contributed by atoms with E-state index in [1.165, 1.54) is 18.3 Å². The van der Waals surface area contributed by atoms with Gasteiger partial charge in [0, 0.05) is 24.8 Å².